The minimum Gasteiger partial charge on any atom is -0.306 e. The maximum atomic E-state index is 3.93. The number of likely N-dealkylation sites (tertiary alicyclic amines) is 1. The van der Waals surface area contributed by atoms with Crippen LogP contribution in [0.5, 0.6) is 0 Å². The second kappa shape index (κ2) is 5.91. The molecule has 15 heavy (non-hydrogen) atoms. The van der Waals surface area contributed by atoms with Crippen LogP contribution in [0.4, 0.5) is 0 Å². The smallest absolute Gasteiger partial charge is 0.0518 e. The lowest BCUT2D eigenvalue weighted by Crippen LogP contribution is -2.28. The minimum absolute atomic E-state index is 0.978. The molecular formula is C12H23N3. The normalized spacial score (nSPS) is 18.4. The first-order valence-electron chi connectivity index (χ1n) is 5.71. The van der Waals surface area contributed by atoms with Crippen LogP contribution < -0.4 is 0 Å². The van der Waals surface area contributed by atoms with Crippen LogP contribution in [-0.2, 0) is 7.05 Å². The summed E-state index contributed by atoms with van der Waals surface area (Å²) in [6, 6.07) is 0. The molecule has 1 fully saturated rings. The van der Waals surface area contributed by atoms with E-state index < -0.39 is 0 Å². The SMILES string of the molecule is CC1CCN(C)CC1.Cc1cnn(C)c1. The van der Waals surface area contributed by atoms with Gasteiger partial charge in [0.1, 0.15) is 0 Å². The van der Waals surface area contributed by atoms with Crippen molar-refractivity contribution < 1.29 is 0 Å². The predicted molar refractivity (Wildman–Crippen MR) is 63.8 cm³/mol. The molecule has 0 aliphatic carbocycles. The standard InChI is InChI=1S/C7H15N.C5H8N2/c1-7-3-5-8(2)6-4-7;1-5-3-6-7(2)4-5/h7H,3-6H2,1-2H3;3-4H,1-2H3. The van der Waals surface area contributed by atoms with E-state index in [0.717, 1.165) is 5.92 Å². The highest BCUT2D eigenvalue weighted by atomic mass is 15.2. The van der Waals surface area contributed by atoms with Crippen molar-refractivity contribution >= 4 is 0 Å². The molecule has 1 aliphatic rings. The van der Waals surface area contributed by atoms with Gasteiger partial charge in [-0.3, -0.25) is 4.68 Å². The molecule has 0 unspecified atom stereocenters. The predicted octanol–water partition coefficient (Wildman–Crippen LogP) is 2.08. The summed E-state index contributed by atoms with van der Waals surface area (Å²) in [7, 11) is 4.11. The Morgan fingerprint density at radius 2 is 1.87 bits per heavy atom. The number of nitrogens with zero attached hydrogens (tertiary/aromatic N) is 3. The average Bonchev–Trinajstić information content (AvgIpc) is 2.56. The van der Waals surface area contributed by atoms with Crippen LogP contribution in [0.3, 0.4) is 0 Å². The molecular weight excluding hydrogens is 186 g/mol. The zero-order valence-electron chi connectivity index (χ0n) is 10.4. The number of piperidine rings is 1. The van der Waals surface area contributed by atoms with E-state index in [0.29, 0.717) is 0 Å². The highest BCUT2D eigenvalue weighted by molar-refractivity contribution is 4.98. The molecule has 3 heteroatoms. The fraction of sp³-hybridized carbons (Fsp3) is 0.750. The third-order valence-corrected chi connectivity index (χ3v) is 2.84. The highest BCUT2D eigenvalue weighted by Gasteiger charge is 2.10. The van der Waals surface area contributed by atoms with Gasteiger partial charge in [-0.05, 0) is 51.4 Å². The summed E-state index contributed by atoms with van der Waals surface area (Å²) in [6.07, 6.45) is 6.60. The first-order chi connectivity index (χ1) is 7.08. The third kappa shape index (κ3) is 4.98. The monoisotopic (exact) mass is 209 g/mol. The lowest BCUT2D eigenvalue weighted by atomic mass is 10.00. The maximum Gasteiger partial charge on any atom is 0.0518 e. The van der Waals surface area contributed by atoms with Crippen molar-refractivity contribution in [2.24, 2.45) is 13.0 Å². The van der Waals surface area contributed by atoms with E-state index >= 15 is 0 Å². The number of hydrogen-bond donors (Lipinski definition) is 0. The molecule has 0 bridgehead atoms. The van der Waals surface area contributed by atoms with Crippen LogP contribution in [0.2, 0.25) is 0 Å². The number of aryl methyl sites for hydroxylation is 2. The van der Waals surface area contributed by atoms with Crippen LogP contribution >= 0.6 is 0 Å². The van der Waals surface area contributed by atoms with Crippen LogP contribution in [0, 0.1) is 12.8 Å². The Labute approximate surface area is 93.1 Å². The van der Waals surface area contributed by atoms with E-state index in [4.69, 9.17) is 0 Å². The molecule has 0 radical (unpaired) electrons. The number of rotatable bonds is 0. The van der Waals surface area contributed by atoms with Gasteiger partial charge in [0, 0.05) is 13.2 Å². The molecule has 1 saturated heterocycles. The lowest BCUT2D eigenvalue weighted by Gasteiger charge is -2.26. The van der Waals surface area contributed by atoms with Crippen molar-refractivity contribution in [3.63, 3.8) is 0 Å². The first kappa shape index (κ1) is 12.2. The van der Waals surface area contributed by atoms with Crippen LogP contribution in [0.1, 0.15) is 25.3 Å². The number of aromatic nitrogens is 2. The van der Waals surface area contributed by atoms with E-state index in [1.165, 1.54) is 31.5 Å². The Hall–Kier alpha value is -0.830. The average molecular weight is 209 g/mol. The summed E-state index contributed by atoms with van der Waals surface area (Å²) in [4.78, 5) is 2.40. The summed E-state index contributed by atoms with van der Waals surface area (Å²) < 4.78 is 1.79. The summed E-state index contributed by atoms with van der Waals surface area (Å²) in [5.74, 6) is 0.978. The van der Waals surface area contributed by atoms with Crippen molar-refractivity contribution in [2.45, 2.75) is 26.7 Å². The largest absolute Gasteiger partial charge is 0.306 e. The van der Waals surface area contributed by atoms with E-state index in [1.807, 2.05) is 26.4 Å². The second-order valence-corrected chi connectivity index (χ2v) is 4.68. The molecule has 2 heterocycles. The Balaban J connectivity index is 0.000000151. The van der Waals surface area contributed by atoms with Crippen molar-refractivity contribution in [1.29, 1.82) is 0 Å². The summed E-state index contributed by atoms with van der Waals surface area (Å²) in [5.41, 5.74) is 1.21. The van der Waals surface area contributed by atoms with E-state index in [1.54, 1.807) is 4.68 Å². The second-order valence-electron chi connectivity index (χ2n) is 4.68. The molecule has 0 aromatic carbocycles. The molecule has 0 N–H and O–H groups in total. The quantitative estimate of drug-likeness (QED) is 0.652. The van der Waals surface area contributed by atoms with Crippen LogP contribution in [0.25, 0.3) is 0 Å². The third-order valence-electron chi connectivity index (χ3n) is 2.84. The molecule has 0 spiro atoms. The van der Waals surface area contributed by atoms with Gasteiger partial charge in [-0.1, -0.05) is 6.92 Å². The maximum absolute atomic E-state index is 3.93. The van der Waals surface area contributed by atoms with Gasteiger partial charge in [0.2, 0.25) is 0 Å². The van der Waals surface area contributed by atoms with Gasteiger partial charge in [-0.15, -0.1) is 0 Å². The van der Waals surface area contributed by atoms with Gasteiger partial charge in [0.05, 0.1) is 6.20 Å². The summed E-state index contributed by atoms with van der Waals surface area (Å²) in [5, 5.41) is 3.93. The van der Waals surface area contributed by atoms with E-state index in [2.05, 4.69) is 24.0 Å². The van der Waals surface area contributed by atoms with Gasteiger partial charge in [0.15, 0.2) is 0 Å². The highest BCUT2D eigenvalue weighted by Crippen LogP contribution is 2.13. The van der Waals surface area contributed by atoms with Gasteiger partial charge in [0.25, 0.3) is 0 Å². The molecule has 3 nitrogen and oxygen atoms in total. The Morgan fingerprint density at radius 3 is 2.13 bits per heavy atom. The Kier molecular flexibility index (Phi) is 4.82. The first-order valence-corrected chi connectivity index (χ1v) is 5.71. The van der Waals surface area contributed by atoms with Crippen molar-refractivity contribution in [3.8, 4) is 0 Å². The molecule has 0 atom stereocenters. The zero-order valence-corrected chi connectivity index (χ0v) is 10.4. The molecule has 86 valence electrons. The van der Waals surface area contributed by atoms with E-state index in [-0.39, 0.29) is 0 Å². The van der Waals surface area contributed by atoms with Crippen molar-refractivity contribution in [2.75, 3.05) is 20.1 Å². The fourth-order valence-electron chi connectivity index (χ4n) is 1.68. The Bertz CT molecular complexity index is 246. The molecule has 0 saturated carbocycles. The van der Waals surface area contributed by atoms with Gasteiger partial charge < -0.3 is 4.90 Å². The van der Waals surface area contributed by atoms with Crippen molar-refractivity contribution in [3.05, 3.63) is 18.0 Å². The summed E-state index contributed by atoms with van der Waals surface area (Å²) in [6.45, 7) is 6.97. The summed E-state index contributed by atoms with van der Waals surface area (Å²) >= 11 is 0. The van der Waals surface area contributed by atoms with Gasteiger partial charge in [-0.2, -0.15) is 5.10 Å². The fourth-order valence-corrected chi connectivity index (χ4v) is 1.68. The molecule has 1 aromatic heterocycles. The van der Waals surface area contributed by atoms with E-state index in [9.17, 15) is 0 Å². The topological polar surface area (TPSA) is 21.1 Å². The van der Waals surface area contributed by atoms with Crippen LogP contribution in [0.15, 0.2) is 12.4 Å². The number of hydrogen-bond acceptors (Lipinski definition) is 2. The molecule has 0 amide bonds. The molecule has 2 rings (SSSR count). The zero-order chi connectivity index (χ0) is 11.3. The minimum atomic E-state index is 0.978. The van der Waals surface area contributed by atoms with Gasteiger partial charge >= 0.3 is 0 Å². The molecule has 1 aliphatic heterocycles. The van der Waals surface area contributed by atoms with Crippen LogP contribution in [-0.4, -0.2) is 34.8 Å². The Morgan fingerprint density at radius 1 is 1.27 bits per heavy atom. The van der Waals surface area contributed by atoms with Gasteiger partial charge in [-0.25, -0.2) is 0 Å². The lowest BCUT2D eigenvalue weighted by molar-refractivity contribution is 0.230. The van der Waals surface area contributed by atoms with Crippen molar-refractivity contribution in [1.82, 2.24) is 14.7 Å². The molecule has 1 aromatic rings.